The molecule has 0 saturated heterocycles. The fraction of sp³-hybridized carbons (Fsp3) is 0.385. The molecule has 0 fully saturated rings. The average molecular weight is 224 g/mol. The second kappa shape index (κ2) is 5.34. The summed E-state index contributed by atoms with van der Waals surface area (Å²) in [7, 11) is 0. The topological polar surface area (TPSA) is 12.0 Å². The third-order valence-electron chi connectivity index (χ3n) is 2.49. The van der Waals surface area contributed by atoms with Gasteiger partial charge in [0.1, 0.15) is 0 Å². The van der Waals surface area contributed by atoms with Gasteiger partial charge in [0, 0.05) is 17.6 Å². The highest BCUT2D eigenvalue weighted by Crippen LogP contribution is 2.18. The summed E-state index contributed by atoms with van der Waals surface area (Å²) in [6.45, 7) is 10.7. The number of benzene rings is 1. The summed E-state index contributed by atoms with van der Waals surface area (Å²) in [4.78, 5) is 0. The van der Waals surface area contributed by atoms with E-state index in [2.05, 4.69) is 50.9 Å². The molecule has 15 heavy (non-hydrogen) atoms. The number of rotatable bonds is 4. The van der Waals surface area contributed by atoms with Crippen molar-refractivity contribution < 1.29 is 0 Å². The smallest absolute Gasteiger partial charge is 0.0313 e. The lowest BCUT2D eigenvalue weighted by Gasteiger charge is -2.16. The summed E-state index contributed by atoms with van der Waals surface area (Å²) in [5.41, 5.74) is 3.93. The average Bonchev–Trinajstić information content (AvgIpc) is 2.14. The van der Waals surface area contributed by atoms with E-state index >= 15 is 0 Å². The van der Waals surface area contributed by atoms with Gasteiger partial charge >= 0.3 is 0 Å². The molecule has 0 saturated carbocycles. The number of halogens is 1. The molecule has 0 aliphatic carbocycles. The fourth-order valence-corrected chi connectivity index (χ4v) is 1.76. The summed E-state index contributed by atoms with van der Waals surface area (Å²) < 4.78 is 0. The van der Waals surface area contributed by atoms with Crippen LogP contribution in [0.5, 0.6) is 0 Å². The maximum atomic E-state index is 5.72. The van der Waals surface area contributed by atoms with E-state index in [0.29, 0.717) is 17.6 Å². The van der Waals surface area contributed by atoms with Crippen LogP contribution in [-0.4, -0.2) is 6.54 Å². The number of hydrogen-bond donors (Lipinski definition) is 1. The molecule has 1 rings (SSSR count). The molecule has 82 valence electrons. The van der Waals surface area contributed by atoms with Crippen molar-refractivity contribution >= 4 is 11.6 Å². The Morgan fingerprint density at radius 2 is 2.13 bits per heavy atom. The highest BCUT2D eigenvalue weighted by molar-refractivity contribution is 6.29. The van der Waals surface area contributed by atoms with E-state index in [4.69, 9.17) is 11.6 Å². The third-order valence-corrected chi connectivity index (χ3v) is 2.63. The van der Waals surface area contributed by atoms with Crippen molar-refractivity contribution in [2.45, 2.75) is 26.8 Å². The third kappa shape index (κ3) is 3.69. The van der Waals surface area contributed by atoms with E-state index in [1.165, 1.54) is 16.7 Å². The maximum absolute atomic E-state index is 5.72. The van der Waals surface area contributed by atoms with Gasteiger partial charge in [-0.2, -0.15) is 0 Å². The lowest BCUT2D eigenvalue weighted by molar-refractivity contribution is 0.611. The molecule has 0 bridgehead atoms. The summed E-state index contributed by atoms with van der Waals surface area (Å²) in [5, 5.41) is 3.97. The molecular formula is C13H18ClN. The van der Waals surface area contributed by atoms with Crippen molar-refractivity contribution in [3.63, 3.8) is 0 Å². The molecule has 0 aromatic heterocycles. The number of nitrogens with one attached hydrogen (secondary N) is 1. The Morgan fingerprint density at radius 1 is 1.47 bits per heavy atom. The molecule has 1 aromatic rings. The van der Waals surface area contributed by atoms with Crippen molar-refractivity contribution in [2.75, 3.05) is 6.54 Å². The van der Waals surface area contributed by atoms with Crippen LogP contribution >= 0.6 is 11.6 Å². The lowest BCUT2D eigenvalue weighted by Crippen LogP contribution is -2.20. The van der Waals surface area contributed by atoms with E-state index in [1.807, 2.05) is 0 Å². The van der Waals surface area contributed by atoms with Gasteiger partial charge in [-0.05, 0) is 31.9 Å². The van der Waals surface area contributed by atoms with Gasteiger partial charge in [0.05, 0.1) is 0 Å². The SMILES string of the molecule is C=C(Cl)CNC(C)c1ccc(C)cc1C. The molecular weight excluding hydrogens is 206 g/mol. The molecule has 0 radical (unpaired) electrons. The molecule has 1 N–H and O–H groups in total. The first-order chi connectivity index (χ1) is 7.00. The van der Waals surface area contributed by atoms with Gasteiger partial charge in [0.25, 0.3) is 0 Å². The van der Waals surface area contributed by atoms with Crippen LogP contribution in [0, 0.1) is 13.8 Å². The normalized spacial score (nSPS) is 12.5. The van der Waals surface area contributed by atoms with Gasteiger partial charge in [0.2, 0.25) is 0 Å². The first-order valence-electron chi connectivity index (χ1n) is 5.14. The Morgan fingerprint density at radius 3 is 2.67 bits per heavy atom. The zero-order valence-electron chi connectivity index (χ0n) is 9.60. The second-order valence-corrected chi connectivity index (χ2v) is 4.51. The van der Waals surface area contributed by atoms with Gasteiger partial charge in [-0.1, -0.05) is 41.9 Å². The van der Waals surface area contributed by atoms with Crippen LogP contribution in [0.1, 0.15) is 29.7 Å². The Hall–Kier alpha value is -0.790. The lowest BCUT2D eigenvalue weighted by atomic mass is 10.0. The van der Waals surface area contributed by atoms with E-state index in [0.717, 1.165) is 0 Å². The largest absolute Gasteiger partial charge is 0.305 e. The van der Waals surface area contributed by atoms with Crippen LogP contribution in [-0.2, 0) is 0 Å². The molecule has 1 unspecified atom stereocenters. The molecule has 0 aliphatic heterocycles. The summed E-state index contributed by atoms with van der Waals surface area (Å²) >= 11 is 5.72. The minimum Gasteiger partial charge on any atom is -0.305 e. The van der Waals surface area contributed by atoms with Crippen LogP contribution in [0.2, 0.25) is 0 Å². The van der Waals surface area contributed by atoms with Gasteiger partial charge in [0.15, 0.2) is 0 Å². The molecule has 1 atom stereocenters. The van der Waals surface area contributed by atoms with E-state index in [1.54, 1.807) is 0 Å². The number of aryl methyl sites for hydroxylation is 2. The Balaban J connectivity index is 2.73. The van der Waals surface area contributed by atoms with Crippen molar-refractivity contribution in [3.8, 4) is 0 Å². The zero-order chi connectivity index (χ0) is 11.4. The fourth-order valence-electron chi connectivity index (χ4n) is 1.69. The Bertz CT molecular complexity index is 358. The highest BCUT2D eigenvalue weighted by atomic mass is 35.5. The predicted octanol–water partition coefficient (Wildman–Crippen LogP) is 3.71. The minimum atomic E-state index is 0.307. The molecule has 0 spiro atoms. The molecule has 0 aliphatic rings. The quantitative estimate of drug-likeness (QED) is 0.821. The number of hydrogen-bond acceptors (Lipinski definition) is 1. The van der Waals surface area contributed by atoms with Crippen molar-refractivity contribution in [2.24, 2.45) is 0 Å². The molecule has 0 amide bonds. The van der Waals surface area contributed by atoms with Crippen molar-refractivity contribution in [1.29, 1.82) is 0 Å². The van der Waals surface area contributed by atoms with Crippen LogP contribution in [0.4, 0.5) is 0 Å². The Labute approximate surface area is 97.1 Å². The maximum Gasteiger partial charge on any atom is 0.0313 e. The van der Waals surface area contributed by atoms with Crippen LogP contribution < -0.4 is 5.32 Å². The molecule has 2 heteroatoms. The van der Waals surface area contributed by atoms with Crippen LogP contribution in [0.15, 0.2) is 29.8 Å². The van der Waals surface area contributed by atoms with E-state index < -0.39 is 0 Å². The Kier molecular flexibility index (Phi) is 4.37. The van der Waals surface area contributed by atoms with Gasteiger partial charge in [-0.3, -0.25) is 0 Å². The van der Waals surface area contributed by atoms with Crippen molar-refractivity contribution in [1.82, 2.24) is 5.32 Å². The van der Waals surface area contributed by atoms with Crippen LogP contribution in [0.3, 0.4) is 0 Å². The predicted molar refractivity (Wildman–Crippen MR) is 67.3 cm³/mol. The summed E-state index contributed by atoms with van der Waals surface area (Å²) in [6, 6.07) is 6.80. The van der Waals surface area contributed by atoms with Gasteiger partial charge in [-0.25, -0.2) is 0 Å². The second-order valence-electron chi connectivity index (χ2n) is 3.98. The van der Waals surface area contributed by atoms with E-state index in [9.17, 15) is 0 Å². The first-order valence-corrected chi connectivity index (χ1v) is 5.52. The van der Waals surface area contributed by atoms with Crippen molar-refractivity contribution in [3.05, 3.63) is 46.5 Å². The van der Waals surface area contributed by atoms with E-state index in [-0.39, 0.29) is 0 Å². The van der Waals surface area contributed by atoms with Gasteiger partial charge in [-0.15, -0.1) is 0 Å². The molecule has 0 heterocycles. The minimum absolute atomic E-state index is 0.307. The summed E-state index contributed by atoms with van der Waals surface area (Å²) in [6.07, 6.45) is 0. The van der Waals surface area contributed by atoms with Gasteiger partial charge < -0.3 is 5.32 Å². The highest BCUT2D eigenvalue weighted by Gasteiger charge is 2.07. The first kappa shape index (κ1) is 12.3. The van der Waals surface area contributed by atoms with Crippen LogP contribution in [0.25, 0.3) is 0 Å². The summed E-state index contributed by atoms with van der Waals surface area (Å²) in [5.74, 6) is 0. The standard InChI is InChI=1S/C13H18ClN/c1-9-5-6-13(10(2)7-9)12(4)15-8-11(3)14/h5-7,12,15H,3,8H2,1-2,4H3. The monoisotopic (exact) mass is 223 g/mol. The molecule has 1 aromatic carbocycles. The zero-order valence-corrected chi connectivity index (χ0v) is 10.4. The molecule has 1 nitrogen and oxygen atoms in total.